The van der Waals surface area contributed by atoms with Gasteiger partial charge in [-0.25, -0.2) is 4.79 Å². The first-order valence-corrected chi connectivity index (χ1v) is 6.74. The number of carbonyl (C=O) groups is 2. The van der Waals surface area contributed by atoms with Crippen LogP contribution < -0.4 is 5.32 Å². The summed E-state index contributed by atoms with van der Waals surface area (Å²) in [6, 6.07) is 5.28. The molecule has 0 saturated heterocycles. The van der Waals surface area contributed by atoms with Crippen molar-refractivity contribution in [3.8, 4) is 0 Å². The molecule has 2 N–H and O–H groups in total. The Labute approximate surface area is 112 Å². The number of hydrogen-bond acceptors (Lipinski definition) is 3. The number of carboxylic acid groups (broad SMARTS) is 1. The maximum absolute atomic E-state index is 12.0. The highest BCUT2D eigenvalue weighted by atomic mass is 35.5. The van der Waals surface area contributed by atoms with E-state index in [-0.39, 0.29) is 5.75 Å². The SMILES string of the molecule is CC(=O)NC(CS(=O)c1ccccc1Cl)C(=O)O. The maximum atomic E-state index is 12.0. The van der Waals surface area contributed by atoms with Gasteiger partial charge in [0.15, 0.2) is 0 Å². The van der Waals surface area contributed by atoms with Crippen LogP contribution in [0.25, 0.3) is 0 Å². The number of aliphatic carboxylic acids is 1. The number of amides is 1. The second kappa shape index (κ2) is 6.51. The van der Waals surface area contributed by atoms with Gasteiger partial charge in [0.1, 0.15) is 6.04 Å². The first kappa shape index (κ1) is 14.7. The quantitative estimate of drug-likeness (QED) is 0.848. The summed E-state index contributed by atoms with van der Waals surface area (Å²) in [5.41, 5.74) is 0. The van der Waals surface area contributed by atoms with Crippen molar-refractivity contribution in [2.45, 2.75) is 17.9 Å². The zero-order chi connectivity index (χ0) is 13.7. The lowest BCUT2D eigenvalue weighted by atomic mass is 10.3. The lowest BCUT2D eigenvalue weighted by Crippen LogP contribution is -2.43. The average Bonchev–Trinajstić information content (AvgIpc) is 2.27. The normalized spacial score (nSPS) is 13.7. The highest BCUT2D eigenvalue weighted by molar-refractivity contribution is 7.85. The van der Waals surface area contributed by atoms with Crippen LogP contribution in [0, 0.1) is 0 Å². The number of rotatable bonds is 5. The molecule has 0 spiro atoms. The molecule has 18 heavy (non-hydrogen) atoms. The van der Waals surface area contributed by atoms with E-state index in [1.807, 2.05) is 0 Å². The van der Waals surface area contributed by atoms with E-state index in [1.54, 1.807) is 24.3 Å². The van der Waals surface area contributed by atoms with Crippen molar-refractivity contribution in [3.63, 3.8) is 0 Å². The summed E-state index contributed by atoms with van der Waals surface area (Å²) in [6.45, 7) is 1.20. The zero-order valence-corrected chi connectivity index (χ0v) is 11.1. The van der Waals surface area contributed by atoms with Gasteiger partial charge in [0.2, 0.25) is 5.91 Å². The lowest BCUT2D eigenvalue weighted by molar-refractivity contribution is -0.140. The molecule has 5 nitrogen and oxygen atoms in total. The van der Waals surface area contributed by atoms with E-state index in [0.717, 1.165) is 0 Å². The summed E-state index contributed by atoms with van der Waals surface area (Å²) in [6.07, 6.45) is 0. The van der Waals surface area contributed by atoms with Gasteiger partial charge in [-0.05, 0) is 12.1 Å². The Morgan fingerprint density at radius 2 is 2.06 bits per heavy atom. The van der Waals surface area contributed by atoms with Gasteiger partial charge in [-0.2, -0.15) is 0 Å². The predicted octanol–water partition coefficient (Wildman–Crippen LogP) is 1.04. The molecule has 2 atom stereocenters. The predicted molar refractivity (Wildman–Crippen MR) is 68.0 cm³/mol. The number of carboxylic acids is 1. The fourth-order valence-corrected chi connectivity index (χ4v) is 2.91. The molecular formula is C11H12ClNO4S. The minimum Gasteiger partial charge on any atom is -0.480 e. The first-order chi connectivity index (χ1) is 8.41. The largest absolute Gasteiger partial charge is 0.480 e. The van der Waals surface area contributed by atoms with E-state index in [9.17, 15) is 13.8 Å². The molecule has 98 valence electrons. The van der Waals surface area contributed by atoms with Gasteiger partial charge in [-0.15, -0.1) is 0 Å². The highest BCUT2D eigenvalue weighted by Gasteiger charge is 2.22. The van der Waals surface area contributed by atoms with Gasteiger partial charge in [-0.1, -0.05) is 23.7 Å². The monoisotopic (exact) mass is 289 g/mol. The van der Waals surface area contributed by atoms with Crippen LogP contribution in [0.4, 0.5) is 0 Å². The van der Waals surface area contributed by atoms with Crippen molar-refractivity contribution in [2.75, 3.05) is 5.75 Å². The molecule has 0 fully saturated rings. The van der Waals surface area contributed by atoms with Crippen molar-refractivity contribution in [3.05, 3.63) is 29.3 Å². The van der Waals surface area contributed by atoms with Crippen LogP contribution in [-0.2, 0) is 20.4 Å². The smallest absolute Gasteiger partial charge is 0.327 e. The van der Waals surface area contributed by atoms with Crippen LogP contribution in [0.5, 0.6) is 0 Å². The second-order valence-corrected chi connectivity index (χ2v) is 5.41. The molecule has 7 heteroatoms. The fraction of sp³-hybridized carbons (Fsp3) is 0.273. The standard InChI is InChI=1S/C11H12ClNO4S/c1-7(14)13-9(11(15)16)6-18(17)10-5-3-2-4-8(10)12/h2-5,9H,6H2,1H3,(H,13,14)(H,15,16). The van der Waals surface area contributed by atoms with Gasteiger partial charge in [-0.3, -0.25) is 9.00 Å². The van der Waals surface area contributed by atoms with E-state index >= 15 is 0 Å². The molecule has 2 unspecified atom stereocenters. The molecule has 0 heterocycles. The van der Waals surface area contributed by atoms with Crippen LogP contribution >= 0.6 is 11.6 Å². The third-order valence-electron chi connectivity index (χ3n) is 2.08. The Balaban J connectivity index is 2.82. The molecule has 1 aromatic rings. The summed E-state index contributed by atoms with van der Waals surface area (Å²) in [7, 11) is -1.59. The first-order valence-electron chi connectivity index (χ1n) is 5.04. The number of hydrogen-bond donors (Lipinski definition) is 2. The van der Waals surface area contributed by atoms with Gasteiger partial charge < -0.3 is 10.4 Å². The Bertz CT molecular complexity index is 492. The number of benzene rings is 1. The third-order valence-corrected chi connectivity index (χ3v) is 4.00. The Morgan fingerprint density at radius 3 is 2.56 bits per heavy atom. The van der Waals surface area contributed by atoms with Crippen molar-refractivity contribution >= 4 is 34.3 Å². The van der Waals surface area contributed by atoms with E-state index in [1.165, 1.54) is 6.92 Å². The summed E-state index contributed by atoms with van der Waals surface area (Å²) in [5.74, 6) is -1.94. The topological polar surface area (TPSA) is 83.5 Å². The lowest BCUT2D eigenvalue weighted by Gasteiger charge is -2.13. The molecule has 0 aliphatic rings. The summed E-state index contributed by atoms with van der Waals surface area (Å²) in [4.78, 5) is 22.1. The van der Waals surface area contributed by atoms with Crippen molar-refractivity contribution < 1.29 is 18.9 Å². The van der Waals surface area contributed by atoms with Gasteiger partial charge in [0.25, 0.3) is 0 Å². The number of carbonyl (C=O) groups excluding carboxylic acids is 1. The van der Waals surface area contributed by atoms with E-state index in [0.29, 0.717) is 9.92 Å². The molecule has 0 radical (unpaired) electrons. The Kier molecular flexibility index (Phi) is 5.30. The van der Waals surface area contributed by atoms with Crippen molar-refractivity contribution in [2.24, 2.45) is 0 Å². The molecule has 0 bridgehead atoms. The van der Waals surface area contributed by atoms with E-state index in [2.05, 4.69) is 5.32 Å². The van der Waals surface area contributed by atoms with E-state index in [4.69, 9.17) is 16.7 Å². The summed E-state index contributed by atoms with van der Waals surface area (Å²) < 4.78 is 12.0. The minimum absolute atomic E-state index is 0.224. The molecule has 0 aliphatic heterocycles. The van der Waals surface area contributed by atoms with Crippen LogP contribution in [0.15, 0.2) is 29.2 Å². The maximum Gasteiger partial charge on any atom is 0.327 e. The van der Waals surface area contributed by atoms with Crippen LogP contribution in [0.3, 0.4) is 0 Å². The molecule has 1 rings (SSSR count). The third kappa shape index (κ3) is 4.12. The Morgan fingerprint density at radius 1 is 1.44 bits per heavy atom. The van der Waals surface area contributed by atoms with Gasteiger partial charge >= 0.3 is 5.97 Å². The Hall–Kier alpha value is -1.40. The second-order valence-electron chi connectivity index (χ2n) is 3.53. The molecule has 1 amide bonds. The zero-order valence-electron chi connectivity index (χ0n) is 9.55. The molecule has 1 aromatic carbocycles. The molecule has 0 saturated carbocycles. The highest BCUT2D eigenvalue weighted by Crippen LogP contribution is 2.19. The van der Waals surface area contributed by atoms with Crippen molar-refractivity contribution in [1.29, 1.82) is 0 Å². The van der Waals surface area contributed by atoms with E-state index < -0.39 is 28.7 Å². The van der Waals surface area contributed by atoms with Gasteiger partial charge in [0.05, 0.1) is 26.5 Å². The fourth-order valence-electron chi connectivity index (χ4n) is 1.29. The van der Waals surface area contributed by atoms with Crippen LogP contribution in [0.2, 0.25) is 5.02 Å². The van der Waals surface area contributed by atoms with Crippen LogP contribution in [0.1, 0.15) is 6.92 Å². The number of nitrogens with one attached hydrogen (secondary N) is 1. The minimum atomic E-state index is -1.59. The molecular weight excluding hydrogens is 278 g/mol. The molecule has 0 aliphatic carbocycles. The van der Waals surface area contributed by atoms with Crippen LogP contribution in [-0.4, -0.2) is 33.0 Å². The van der Waals surface area contributed by atoms with Gasteiger partial charge in [0, 0.05) is 6.92 Å². The average molecular weight is 290 g/mol. The van der Waals surface area contributed by atoms with Crippen molar-refractivity contribution in [1.82, 2.24) is 5.32 Å². The number of halogens is 1. The molecule has 0 aromatic heterocycles. The summed E-state index contributed by atoms with van der Waals surface area (Å²) in [5, 5.41) is 11.4. The summed E-state index contributed by atoms with van der Waals surface area (Å²) >= 11 is 5.86.